The van der Waals surface area contributed by atoms with Crippen LogP contribution in [0.1, 0.15) is 31.8 Å². The van der Waals surface area contributed by atoms with E-state index in [9.17, 15) is 9.59 Å². The highest BCUT2D eigenvalue weighted by Gasteiger charge is 2.25. The first-order valence-electron chi connectivity index (χ1n) is 14.1. The first kappa shape index (κ1) is 28.6. The first-order chi connectivity index (χ1) is 21.4. The predicted molar refractivity (Wildman–Crippen MR) is 170 cm³/mol. The molecule has 5 aromatic rings. The topological polar surface area (TPSA) is 95.1 Å². The van der Waals surface area contributed by atoms with Crippen LogP contribution in [-0.2, 0) is 13.1 Å². The number of rotatable bonds is 10. The lowest BCUT2D eigenvalue weighted by Gasteiger charge is -2.12. The zero-order valence-electron chi connectivity index (χ0n) is 24.9. The maximum absolute atomic E-state index is 13.4. The molecule has 2 N–H and O–H groups in total. The quantitative estimate of drug-likeness (QED) is 0.193. The van der Waals surface area contributed by atoms with Gasteiger partial charge in [0.2, 0.25) is 0 Å². The van der Waals surface area contributed by atoms with Gasteiger partial charge in [-0.25, -0.2) is 0 Å². The first-order valence-corrected chi connectivity index (χ1v) is 14.1. The van der Waals surface area contributed by atoms with Gasteiger partial charge < -0.3 is 29.6 Å². The van der Waals surface area contributed by atoms with Gasteiger partial charge in [-0.2, -0.15) is 0 Å². The van der Waals surface area contributed by atoms with E-state index in [-0.39, 0.29) is 11.8 Å². The largest absolute Gasteiger partial charge is 0.493 e. The molecule has 5 aromatic carbocycles. The van der Waals surface area contributed by atoms with Crippen LogP contribution in [0.4, 0.5) is 0 Å². The van der Waals surface area contributed by atoms with E-state index in [2.05, 4.69) is 16.7 Å². The molecule has 8 nitrogen and oxygen atoms in total. The zero-order chi connectivity index (χ0) is 30.8. The van der Waals surface area contributed by atoms with E-state index >= 15 is 0 Å². The van der Waals surface area contributed by atoms with Gasteiger partial charge in [0, 0.05) is 24.2 Å². The van der Waals surface area contributed by atoms with Gasteiger partial charge in [0.25, 0.3) is 11.8 Å². The number of hydrogen-bond donors (Lipinski definition) is 2. The highest BCUT2D eigenvalue weighted by molar-refractivity contribution is 6.20. The third-order valence-corrected chi connectivity index (χ3v) is 7.95. The molecular formula is C36H32N2O6. The minimum atomic E-state index is -0.180. The number of fused-ring (bicyclic) bond motifs is 3. The van der Waals surface area contributed by atoms with Crippen LogP contribution in [0.25, 0.3) is 33.0 Å². The Labute approximate surface area is 255 Å². The second kappa shape index (κ2) is 12.0. The molecule has 0 bridgehead atoms. The van der Waals surface area contributed by atoms with E-state index in [0.29, 0.717) is 47.2 Å². The van der Waals surface area contributed by atoms with Crippen molar-refractivity contribution >= 4 is 22.6 Å². The van der Waals surface area contributed by atoms with Crippen LogP contribution < -0.4 is 29.6 Å². The maximum atomic E-state index is 13.4. The summed E-state index contributed by atoms with van der Waals surface area (Å²) < 4.78 is 21.4. The Balaban J connectivity index is 1.22. The predicted octanol–water partition coefficient (Wildman–Crippen LogP) is 6.38. The molecule has 0 unspecified atom stereocenters. The average molecular weight is 589 g/mol. The standard InChI is InChI=1S/C36H32N2O6/c1-41-30-14-8-21(16-32(30)43-3)19-37-35(39)23-10-11-24-25-6-5-7-26-28(13-12-27(34(25)26)29(24)18-23)36(40)38-20-22-9-15-31(42-2)33(17-22)44-4/h5-18H,19-20H2,1-4H3,(H,37,39)(H,38,40). The molecule has 8 heteroatoms. The van der Waals surface area contributed by atoms with Gasteiger partial charge >= 0.3 is 0 Å². The van der Waals surface area contributed by atoms with Crippen LogP contribution in [0.3, 0.4) is 0 Å². The molecule has 0 heterocycles. The van der Waals surface area contributed by atoms with E-state index in [1.165, 1.54) is 0 Å². The molecule has 2 amide bonds. The number of carbonyl (C=O) groups excluding carboxylic acids is 2. The minimum Gasteiger partial charge on any atom is -0.493 e. The van der Waals surface area contributed by atoms with Crippen molar-refractivity contribution < 1.29 is 28.5 Å². The van der Waals surface area contributed by atoms with Gasteiger partial charge in [0.1, 0.15) is 0 Å². The van der Waals surface area contributed by atoms with E-state index in [1.54, 1.807) is 28.4 Å². The lowest BCUT2D eigenvalue weighted by molar-refractivity contribution is 0.0943. The molecule has 0 atom stereocenters. The van der Waals surface area contributed by atoms with Crippen molar-refractivity contribution in [2.45, 2.75) is 13.1 Å². The Hall–Kier alpha value is -5.50. The van der Waals surface area contributed by atoms with Crippen LogP contribution in [0.2, 0.25) is 0 Å². The molecule has 0 radical (unpaired) electrons. The Bertz CT molecular complexity index is 1920. The number of hydrogen-bond acceptors (Lipinski definition) is 6. The average Bonchev–Trinajstić information content (AvgIpc) is 3.40. The second-order valence-corrected chi connectivity index (χ2v) is 10.4. The number of benzene rings is 5. The van der Waals surface area contributed by atoms with Crippen LogP contribution in [-0.4, -0.2) is 40.3 Å². The highest BCUT2D eigenvalue weighted by atomic mass is 16.5. The summed E-state index contributed by atoms with van der Waals surface area (Å²) >= 11 is 0. The van der Waals surface area contributed by atoms with Crippen molar-refractivity contribution in [2.75, 3.05) is 28.4 Å². The number of methoxy groups -OCH3 is 4. The van der Waals surface area contributed by atoms with Gasteiger partial charge in [0.15, 0.2) is 23.0 Å². The molecule has 44 heavy (non-hydrogen) atoms. The maximum Gasteiger partial charge on any atom is 0.252 e. The second-order valence-electron chi connectivity index (χ2n) is 10.4. The van der Waals surface area contributed by atoms with Crippen LogP contribution in [0, 0.1) is 0 Å². The fraction of sp³-hybridized carbons (Fsp3) is 0.167. The monoisotopic (exact) mass is 588 g/mol. The third kappa shape index (κ3) is 5.15. The summed E-state index contributed by atoms with van der Waals surface area (Å²) in [5.74, 6) is 2.13. The Morgan fingerprint density at radius 3 is 1.73 bits per heavy atom. The SMILES string of the molecule is COc1ccc(CNC(=O)c2ccc3c(c2)-c2ccc(C(=O)NCc4ccc(OC)c(OC)c4)c4cccc-3c24)cc1OC. The summed E-state index contributed by atoms with van der Waals surface area (Å²) in [6.07, 6.45) is 0. The molecular weight excluding hydrogens is 556 g/mol. The van der Waals surface area contributed by atoms with E-state index in [1.807, 2.05) is 78.9 Å². The lowest BCUT2D eigenvalue weighted by Crippen LogP contribution is -2.23. The van der Waals surface area contributed by atoms with Crippen LogP contribution in [0.5, 0.6) is 23.0 Å². The molecule has 222 valence electrons. The summed E-state index contributed by atoms with van der Waals surface area (Å²) in [5.41, 5.74) is 6.97. The molecule has 1 aliphatic carbocycles. The van der Waals surface area contributed by atoms with Gasteiger partial charge in [-0.15, -0.1) is 0 Å². The van der Waals surface area contributed by atoms with Gasteiger partial charge in [-0.1, -0.05) is 42.5 Å². The molecule has 0 saturated carbocycles. The van der Waals surface area contributed by atoms with Crippen molar-refractivity contribution in [2.24, 2.45) is 0 Å². The Kier molecular flexibility index (Phi) is 7.81. The van der Waals surface area contributed by atoms with E-state index in [4.69, 9.17) is 18.9 Å². The Morgan fingerprint density at radius 2 is 1.11 bits per heavy atom. The lowest BCUT2D eigenvalue weighted by atomic mass is 9.98. The fourth-order valence-corrected chi connectivity index (χ4v) is 5.74. The molecule has 0 aromatic heterocycles. The zero-order valence-corrected chi connectivity index (χ0v) is 24.9. The van der Waals surface area contributed by atoms with E-state index < -0.39 is 0 Å². The molecule has 6 rings (SSSR count). The van der Waals surface area contributed by atoms with Crippen molar-refractivity contribution in [1.29, 1.82) is 0 Å². The number of ether oxygens (including phenoxy) is 4. The third-order valence-electron chi connectivity index (χ3n) is 7.95. The molecule has 0 spiro atoms. The van der Waals surface area contributed by atoms with Gasteiger partial charge in [-0.05, 0) is 86.6 Å². The molecule has 0 fully saturated rings. The van der Waals surface area contributed by atoms with Crippen molar-refractivity contribution in [3.05, 3.63) is 107 Å². The van der Waals surface area contributed by atoms with Crippen molar-refractivity contribution in [3.63, 3.8) is 0 Å². The summed E-state index contributed by atoms with van der Waals surface area (Å²) in [6, 6.07) is 26.7. The molecule has 0 saturated heterocycles. The molecule has 1 aliphatic rings. The van der Waals surface area contributed by atoms with E-state index in [0.717, 1.165) is 44.2 Å². The number of amides is 2. The summed E-state index contributed by atoms with van der Waals surface area (Å²) in [7, 11) is 6.34. The highest BCUT2D eigenvalue weighted by Crippen LogP contribution is 2.48. The molecule has 0 aliphatic heterocycles. The summed E-state index contributed by atoms with van der Waals surface area (Å²) in [5, 5.41) is 7.91. The summed E-state index contributed by atoms with van der Waals surface area (Å²) in [6.45, 7) is 0.679. The van der Waals surface area contributed by atoms with Gasteiger partial charge in [0.05, 0.1) is 28.4 Å². The van der Waals surface area contributed by atoms with Crippen LogP contribution >= 0.6 is 0 Å². The summed E-state index contributed by atoms with van der Waals surface area (Å²) in [4.78, 5) is 26.6. The fourth-order valence-electron chi connectivity index (χ4n) is 5.74. The van der Waals surface area contributed by atoms with Crippen LogP contribution in [0.15, 0.2) is 84.9 Å². The smallest absolute Gasteiger partial charge is 0.252 e. The van der Waals surface area contributed by atoms with Crippen molar-refractivity contribution in [1.82, 2.24) is 10.6 Å². The normalized spacial score (nSPS) is 11.1. The number of carbonyl (C=O) groups is 2. The van der Waals surface area contributed by atoms with Gasteiger partial charge in [-0.3, -0.25) is 9.59 Å². The Morgan fingerprint density at radius 1 is 0.545 bits per heavy atom. The van der Waals surface area contributed by atoms with Crippen molar-refractivity contribution in [3.8, 4) is 45.3 Å². The minimum absolute atomic E-state index is 0.172. The number of nitrogens with one attached hydrogen (secondary N) is 2.